The largest absolute Gasteiger partial charge is 0.394 e. The summed E-state index contributed by atoms with van der Waals surface area (Å²) in [7, 11) is 0. The Bertz CT molecular complexity index is 797. The van der Waals surface area contributed by atoms with Crippen molar-refractivity contribution in [2.75, 3.05) is 6.61 Å². The van der Waals surface area contributed by atoms with E-state index in [2.05, 4.69) is 5.32 Å². The first-order chi connectivity index (χ1) is 13.8. The second-order valence-corrected chi connectivity index (χ2v) is 6.78. The van der Waals surface area contributed by atoms with Gasteiger partial charge in [0.15, 0.2) is 0 Å². The van der Waals surface area contributed by atoms with Crippen molar-refractivity contribution in [3.63, 3.8) is 0 Å². The van der Waals surface area contributed by atoms with Crippen molar-refractivity contribution in [2.24, 2.45) is 0 Å². The molecule has 4 heteroatoms. The highest BCUT2D eigenvalue weighted by Crippen LogP contribution is 2.14. The van der Waals surface area contributed by atoms with Gasteiger partial charge in [0, 0.05) is 19.6 Å². The highest BCUT2D eigenvalue weighted by Gasteiger charge is 2.25. The predicted octanol–water partition coefficient (Wildman–Crippen LogP) is 4.00. The maximum Gasteiger partial charge on any atom is 0.240 e. The molecule has 0 saturated carbocycles. The number of nitrogens with one attached hydrogen (secondary N) is 1. The van der Waals surface area contributed by atoms with Crippen LogP contribution in [-0.2, 0) is 24.4 Å². The third-order valence-electron chi connectivity index (χ3n) is 4.68. The lowest BCUT2D eigenvalue weighted by Crippen LogP contribution is -2.48. The Morgan fingerprint density at radius 1 is 0.759 bits per heavy atom. The lowest BCUT2D eigenvalue weighted by Gasteiger charge is -2.30. The van der Waals surface area contributed by atoms with Gasteiger partial charge in [0.25, 0.3) is 0 Å². The maximum atomic E-state index is 12.9. The predicted molar refractivity (Wildman–Crippen MR) is 118 cm³/mol. The molecule has 0 aromatic heterocycles. The van der Waals surface area contributed by atoms with E-state index >= 15 is 0 Å². The molecule has 1 amide bonds. The Morgan fingerprint density at radius 3 is 1.59 bits per heavy atom. The van der Waals surface area contributed by atoms with E-state index in [1.165, 1.54) is 0 Å². The molecule has 3 aromatic carbocycles. The van der Waals surface area contributed by atoms with Crippen molar-refractivity contribution in [3.8, 4) is 0 Å². The van der Waals surface area contributed by atoms with Crippen LogP contribution in [0, 0.1) is 0 Å². The summed E-state index contributed by atoms with van der Waals surface area (Å²) in [6, 6.07) is 29.2. The van der Waals surface area contributed by atoms with E-state index < -0.39 is 6.04 Å². The number of aliphatic hydroxyl groups excluding tert-OH is 1. The zero-order valence-corrected chi connectivity index (χ0v) is 15.9. The van der Waals surface area contributed by atoms with Crippen LogP contribution in [0.2, 0.25) is 0 Å². The van der Waals surface area contributed by atoms with E-state index in [9.17, 15) is 9.90 Å². The van der Waals surface area contributed by atoms with Crippen molar-refractivity contribution in [3.05, 3.63) is 108 Å². The molecule has 0 saturated heterocycles. The van der Waals surface area contributed by atoms with Gasteiger partial charge in [0.05, 0.1) is 6.61 Å². The van der Waals surface area contributed by atoms with Crippen LogP contribution in [0.3, 0.4) is 0 Å². The van der Waals surface area contributed by atoms with Crippen molar-refractivity contribution >= 4 is 5.91 Å². The molecule has 0 heterocycles. The smallest absolute Gasteiger partial charge is 0.240 e. The molecule has 0 bridgehead atoms. The number of rotatable bonds is 9. The van der Waals surface area contributed by atoms with Gasteiger partial charge in [-0.2, -0.15) is 0 Å². The normalized spacial score (nSPS) is 11.5. The average Bonchev–Trinajstić information content (AvgIpc) is 2.75. The molecular formula is C25H30N2O2. The van der Waals surface area contributed by atoms with Gasteiger partial charge >= 0.3 is 0 Å². The molecule has 29 heavy (non-hydrogen) atoms. The van der Waals surface area contributed by atoms with Crippen LogP contribution in [-0.4, -0.2) is 28.6 Å². The van der Waals surface area contributed by atoms with Gasteiger partial charge in [-0.1, -0.05) is 98.4 Å². The van der Waals surface area contributed by atoms with Gasteiger partial charge in [-0.3, -0.25) is 9.69 Å². The van der Waals surface area contributed by atoms with Crippen LogP contribution in [0.25, 0.3) is 0 Å². The summed E-state index contributed by atoms with van der Waals surface area (Å²) in [5.41, 5.74) is 3.24. The molecule has 152 valence electrons. The van der Waals surface area contributed by atoms with E-state index in [4.69, 9.17) is 0 Å². The van der Waals surface area contributed by atoms with E-state index in [1.807, 2.05) is 95.9 Å². The van der Waals surface area contributed by atoms with Crippen molar-refractivity contribution < 1.29 is 9.90 Å². The van der Waals surface area contributed by atoms with Crippen molar-refractivity contribution in [1.82, 2.24) is 10.2 Å². The Labute approximate surface area is 173 Å². The lowest BCUT2D eigenvalue weighted by atomic mass is 10.1. The molecular weight excluding hydrogens is 360 g/mol. The van der Waals surface area contributed by atoms with E-state index in [-0.39, 0.29) is 19.9 Å². The summed E-state index contributed by atoms with van der Waals surface area (Å²) in [5, 5.41) is 13.0. The first kappa shape index (κ1) is 22.3. The van der Waals surface area contributed by atoms with Gasteiger partial charge in [-0.05, 0) is 16.7 Å². The van der Waals surface area contributed by atoms with Crippen LogP contribution in [0.1, 0.15) is 24.1 Å². The van der Waals surface area contributed by atoms with E-state index in [0.29, 0.717) is 19.6 Å². The number of hydrogen-bond acceptors (Lipinski definition) is 3. The van der Waals surface area contributed by atoms with E-state index in [0.717, 1.165) is 16.7 Å². The second kappa shape index (κ2) is 11.8. The number of nitrogens with zero attached hydrogens (tertiary/aromatic N) is 1. The molecule has 0 aliphatic heterocycles. The molecule has 0 aliphatic rings. The minimum Gasteiger partial charge on any atom is -0.394 e. The molecule has 3 aromatic rings. The van der Waals surface area contributed by atoms with Gasteiger partial charge in [-0.15, -0.1) is 0 Å². The molecule has 0 spiro atoms. The fraction of sp³-hybridized carbons (Fsp3) is 0.240. The molecule has 1 atom stereocenters. The summed E-state index contributed by atoms with van der Waals surface area (Å²) in [4.78, 5) is 14.9. The first-order valence-corrected chi connectivity index (χ1v) is 9.50. The van der Waals surface area contributed by atoms with Crippen LogP contribution < -0.4 is 5.32 Å². The van der Waals surface area contributed by atoms with Gasteiger partial charge in [0.2, 0.25) is 5.91 Å². The van der Waals surface area contributed by atoms with E-state index in [1.54, 1.807) is 0 Å². The quantitative estimate of drug-likeness (QED) is 0.581. The molecule has 3 rings (SSSR count). The Hall–Kier alpha value is -2.95. The van der Waals surface area contributed by atoms with Crippen molar-refractivity contribution in [1.29, 1.82) is 0 Å². The molecule has 0 aliphatic carbocycles. The molecule has 2 N–H and O–H groups in total. The lowest BCUT2D eigenvalue weighted by molar-refractivity contribution is -0.128. The number of amides is 1. The summed E-state index contributed by atoms with van der Waals surface area (Å²) in [5.74, 6) is -0.168. The van der Waals surface area contributed by atoms with Crippen LogP contribution in [0.15, 0.2) is 91.0 Å². The number of hydrogen-bond donors (Lipinski definition) is 2. The Morgan fingerprint density at radius 2 is 1.17 bits per heavy atom. The van der Waals surface area contributed by atoms with Crippen LogP contribution in [0.4, 0.5) is 0 Å². The maximum absolute atomic E-state index is 12.9. The van der Waals surface area contributed by atoms with Gasteiger partial charge in [0.1, 0.15) is 6.04 Å². The average molecular weight is 391 g/mol. The Balaban J connectivity index is 0.00000300. The number of carbonyl (C=O) groups is 1. The number of benzene rings is 3. The first-order valence-electron chi connectivity index (χ1n) is 9.50. The topological polar surface area (TPSA) is 52.6 Å². The summed E-state index contributed by atoms with van der Waals surface area (Å²) < 4.78 is 0. The summed E-state index contributed by atoms with van der Waals surface area (Å²) in [6.45, 7) is 1.38. The van der Waals surface area contributed by atoms with Crippen LogP contribution >= 0.6 is 0 Å². The minimum absolute atomic E-state index is 0. The summed E-state index contributed by atoms with van der Waals surface area (Å²) >= 11 is 0. The fourth-order valence-electron chi connectivity index (χ4n) is 3.18. The number of carbonyl (C=O) groups excluding carboxylic acids is 1. The SMILES string of the molecule is C.O=C(NCc1ccccc1)C(CO)N(Cc1ccccc1)Cc1ccccc1. The molecule has 0 radical (unpaired) electrons. The third-order valence-corrected chi connectivity index (χ3v) is 4.68. The highest BCUT2D eigenvalue weighted by atomic mass is 16.3. The van der Waals surface area contributed by atoms with Crippen molar-refractivity contribution in [2.45, 2.75) is 33.1 Å². The highest BCUT2D eigenvalue weighted by molar-refractivity contribution is 5.81. The minimum atomic E-state index is -0.621. The fourth-order valence-corrected chi connectivity index (χ4v) is 3.18. The molecule has 1 unspecified atom stereocenters. The van der Waals surface area contributed by atoms with Crippen LogP contribution in [0.5, 0.6) is 0 Å². The molecule has 4 nitrogen and oxygen atoms in total. The standard InChI is InChI=1S/C24H26N2O2.CH4/c27-19-23(24(28)25-16-20-10-4-1-5-11-20)26(17-21-12-6-2-7-13-21)18-22-14-8-3-9-15-22;/h1-15,23,27H,16-19H2,(H,25,28);1H4. The van der Waals surface area contributed by atoms with Gasteiger partial charge < -0.3 is 10.4 Å². The number of aliphatic hydroxyl groups is 1. The Kier molecular flexibility index (Phi) is 9.09. The monoisotopic (exact) mass is 390 g/mol. The third kappa shape index (κ3) is 6.86. The zero-order chi connectivity index (χ0) is 19.6. The summed E-state index contributed by atoms with van der Waals surface area (Å²) in [6.07, 6.45) is 0. The molecule has 0 fully saturated rings. The van der Waals surface area contributed by atoms with Gasteiger partial charge in [-0.25, -0.2) is 0 Å². The second-order valence-electron chi connectivity index (χ2n) is 6.78. The zero-order valence-electron chi connectivity index (χ0n) is 15.9.